The molecule has 8 heteroatoms. The van der Waals surface area contributed by atoms with E-state index in [0.717, 1.165) is 24.0 Å². The number of hydrogen-bond acceptors (Lipinski definition) is 6. The van der Waals surface area contributed by atoms with E-state index in [1.807, 2.05) is 32.3 Å². The number of aromatic nitrogens is 1. The van der Waals surface area contributed by atoms with Crippen LogP contribution in [0.15, 0.2) is 47.6 Å². The molecule has 0 bridgehead atoms. The summed E-state index contributed by atoms with van der Waals surface area (Å²) in [6, 6.07) is 8.54. The van der Waals surface area contributed by atoms with E-state index in [2.05, 4.69) is 21.7 Å². The Labute approximate surface area is 215 Å². The fourth-order valence-electron chi connectivity index (χ4n) is 4.95. The van der Waals surface area contributed by atoms with Gasteiger partial charge in [0.05, 0.1) is 6.61 Å². The molecule has 2 heterocycles. The Kier molecular flexibility index (Phi) is 8.68. The molecule has 194 valence electrons. The van der Waals surface area contributed by atoms with Gasteiger partial charge in [0.2, 0.25) is 10.0 Å². The zero-order valence-corrected chi connectivity index (χ0v) is 22.2. The van der Waals surface area contributed by atoms with Crippen molar-refractivity contribution in [2.75, 3.05) is 26.7 Å². The van der Waals surface area contributed by atoms with Crippen LogP contribution in [0, 0.1) is 23.7 Å². The number of hydrogen-bond donors (Lipinski definition) is 1. The van der Waals surface area contributed by atoms with Gasteiger partial charge in [0, 0.05) is 55.5 Å². The molecule has 2 aliphatic rings. The smallest absolute Gasteiger partial charge is 0.247 e. The van der Waals surface area contributed by atoms with Crippen molar-refractivity contribution in [3.8, 4) is 17.6 Å². The van der Waals surface area contributed by atoms with Crippen LogP contribution >= 0.6 is 0 Å². The van der Waals surface area contributed by atoms with Crippen LogP contribution in [0.2, 0.25) is 0 Å². The normalized spacial score (nSPS) is 23.1. The van der Waals surface area contributed by atoms with Gasteiger partial charge in [-0.3, -0.25) is 9.88 Å². The molecule has 0 unspecified atom stereocenters. The zero-order valence-electron chi connectivity index (χ0n) is 21.4. The molecule has 36 heavy (non-hydrogen) atoms. The standard InChI is InChI=1S/C28H37N3O4S/c1-21-17-31(22(2)20-32)36(33,34)28-13-12-24(11-10-23-7-4-5-8-23)15-26(28)35-27(21)19-30(3)18-25-9-6-14-29-16-25/h6,9,12-16,21-23,27,32H,4-5,7-8,17-20H2,1-3H3/t21-,22+,27-/m1/s1. The molecule has 4 rings (SSSR count). The van der Waals surface area contributed by atoms with Gasteiger partial charge in [-0.15, -0.1) is 0 Å². The van der Waals surface area contributed by atoms with Crippen molar-refractivity contribution in [1.82, 2.24) is 14.2 Å². The van der Waals surface area contributed by atoms with E-state index in [4.69, 9.17) is 4.74 Å². The van der Waals surface area contributed by atoms with Crippen molar-refractivity contribution >= 4 is 10.0 Å². The SMILES string of the molecule is C[C@@H]1CN([C@@H](C)CO)S(=O)(=O)c2ccc(C#CC3CCCC3)cc2O[C@@H]1CN(C)Cc1cccnc1. The average molecular weight is 512 g/mol. The monoisotopic (exact) mass is 511 g/mol. The Morgan fingerprint density at radius 3 is 2.75 bits per heavy atom. The Morgan fingerprint density at radius 1 is 1.28 bits per heavy atom. The molecular weight excluding hydrogens is 474 g/mol. The van der Waals surface area contributed by atoms with Gasteiger partial charge >= 0.3 is 0 Å². The first-order chi connectivity index (χ1) is 17.3. The zero-order chi connectivity index (χ0) is 25.7. The van der Waals surface area contributed by atoms with E-state index in [9.17, 15) is 13.5 Å². The summed E-state index contributed by atoms with van der Waals surface area (Å²) in [5.74, 6) is 7.24. The van der Waals surface area contributed by atoms with Crippen LogP contribution in [0.4, 0.5) is 0 Å². The number of fused-ring (bicyclic) bond motifs is 1. The third-order valence-corrected chi connectivity index (χ3v) is 9.13. The summed E-state index contributed by atoms with van der Waals surface area (Å²) in [6.45, 7) is 5.06. The van der Waals surface area contributed by atoms with Crippen molar-refractivity contribution in [2.24, 2.45) is 11.8 Å². The number of aliphatic hydroxyl groups is 1. The van der Waals surface area contributed by atoms with Gasteiger partial charge in [-0.05, 0) is 56.6 Å². The van der Waals surface area contributed by atoms with Crippen LogP contribution in [-0.4, -0.2) is 66.6 Å². The van der Waals surface area contributed by atoms with E-state index in [1.54, 1.807) is 31.3 Å². The molecule has 1 aliphatic heterocycles. The highest BCUT2D eigenvalue weighted by atomic mass is 32.2. The highest BCUT2D eigenvalue weighted by Crippen LogP contribution is 2.34. The largest absolute Gasteiger partial charge is 0.487 e. The second-order valence-electron chi connectivity index (χ2n) is 10.2. The van der Waals surface area contributed by atoms with Crippen molar-refractivity contribution in [2.45, 2.75) is 63.1 Å². The van der Waals surface area contributed by atoms with E-state index >= 15 is 0 Å². The molecule has 7 nitrogen and oxygen atoms in total. The number of pyridine rings is 1. The molecule has 3 atom stereocenters. The molecule has 0 spiro atoms. The Morgan fingerprint density at radius 2 is 2.06 bits per heavy atom. The topological polar surface area (TPSA) is 83.0 Å². The van der Waals surface area contributed by atoms with Gasteiger partial charge in [0.1, 0.15) is 16.7 Å². The molecule has 1 saturated carbocycles. The lowest BCUT2D eigenvalue weighted by Crippen LogP contribution is -2.49. The van der Waals surface area contributed by atoms with E-state index in [0.29, 0.717) is 24.8 Å². The Hall–Kier alpha value is -2.44. The minimum absolute atomic E-state index is 0.105. The van der Waals surface area contributed by atoms with Gasteiger partial charge in [-0.25, -0.2) is 8.42 Å². The van der Waals surface area contributed by atoms with Crippen molar-refractivity contribution in [3.63, 3.8) is 0 Å². The van der Waals surface area contributed by atoms with Crippen LogP contribution in [-0.2, 0) is 16.6 Å². The molecule has 1 aromatic heterocycles. The summed E-state index contributed by atoms with van der Waals surface area (Å²) < 4.78 is 35.2. The van der Waals surface area contributed by atoms with E-state index in [1.165, 1.54) is 17.1 Å². The van der Waals surface area contributed by atoms with Crippen molar-refractivity contribution in [1.29, 1.82) is 0 Å². The molecule has 1 aromatic carbocycles. The third kappa shape index (κ3) is 6.27. The predicted molar refractivity (Wildman–Crippen MR) is 140 cm³/mol. The summed E-state index contributed by atoms with van der Waals surface area (Å²) in [4.78, 5) is 6.49. The number of nitrogens with zero attached hydrogens (tertiary/aromatic N) is 3. The molecule has 0 saturated heterocycles. The molecular formula is C28H37N3O4S. The van der Waals surface area contributed by atoms with Gasteiger partial charge in [0.15, 0.2) is 0 Å². The van der Waals surface area contributed by atoms with Crippen LogP contribution in [0.3, 0.4) is 0 Å². The highest BCUT2D eigenvalue weighted by Gasteiger charge is 2.38. The first-order valence-corrected chi connectivity index (χ1v) is 14.2. The number of likely N-dealkylation sites (N-methyl/N-ethyl adjacent to an activating group) is 1. The third-order valence-electron chi connectivity index (χ3n) is 7.11. The van der Waals surface area contributed by atoms with Crippen molar-refractivity contribution in [3.05, 3.63) is 53.9 Å². The molecule has 0 amide bonds. The predicted octanol–water partition coefficient (Wildman–Crippen LogP) is 3.52. The molecule has 1 fully saturated rings. The summed E-state index contributed by atoms with van der Waals surface area (Å²) in [6.07, 6.45) is 8.03. The molecule has 1 aliphatic carbocycles. The number of benzene rings is 1. The highest BCUT2D eigenvalue weighted by molar-refractivity contribution is 7.89. The number of aliphatic hydroxyl groups excluding tert-OH is 1. The minimum Gasteiger partial charge on any atom is -0.487 e. The lowest BCUT2D eigenvalue weighted by Gasteiger charge is -2.37. The quantitative estimate of drug-likeness (QED) is 0.598. The van der Waals surface area contributed by atoms with Gasteiger partial charge in [-0.1, -0.05) is 37.7 Å². The molecule has 1 N–H and O–H groups in total. The second kappa shape index (κ2) is 11.7. The molecule has 2 aromatic rings. The maximum Gasteiger partial charge on any atom is 0.247 e. The minimum atomic E-state index is -3.86. The lowest BCUT2D eigenvalue weighted by atomic mass is 10.0. The van der Waals surface area contributed by atoms with Crippen LogP contribution < -0.4 is 4.74 Å². The summed E-state index contributed by atoms with van der Waals surface area (Å²) in [5, 5.41) is 9.84. The number of sulfonamides is 1. The second-order valence-corrected chi connectivity index (χ2v) is 12.1. The fourth-order valence-corrected chi connectivity index (χ4v) is 6.78. The Bertz CT molecular complexity index is 1190. The van der Waals surface area contributed by atoms with Gasteiger partial charge in [0.25, 0.3) is 0 Å². The first-order valence-electron chi connectivity index (χ1n) is 12.8. The van der Waals surface area contributed by atoms with E-state index in [-0.39, 0.29) is 30.1 Å². The van der Waals surface area contributed by atoms with Crippen molar-refractivity contribution < 1.29 is 18.3 Å². The van der Waals surface area contributed by atoms with Crippen LogP contribution in [0.25, 0.3) is 0 Å². The molecule has 0 radical (unpaired) electrons. The lowest BCUT2D eigenvalue weighted by molar-refractivity contribution is 0.0733. The average Bonchev–Trinajstić information content (AvgIpc) is 3.39. The summed E-state index contributed by atoms with van der Waals surface area (Å²) >= 11 is 0. The maximum absolute atomic E-state index is 13.7. The fraction of sp³-hybridized carbons (Fsp3) is 0.536. The van der Waals surface area contributed by atoms with E-state index < -0.39 is 16.1 Å². The summed E-state index contributed by atoms with van der Waals surface area (Å²) in [5.41, 5.74) is 1.86. The summed E-state index contributed by atoms with van der Waals surface area (Å²) in [7, 11) is -1.83. The first kappa shape index (κ1) is 26.6. The number of ether oxygens (including phenoxy) is 1. The van der Waals surface area contributed by atoms with Crippen LogP contribution in [0.5, 0.6) is 5.75 Å². The van der Waals surface area contributed by atoms with Crippen LogP contribution in [0.1, 0.15) is 50.7 Å². The maximum atomic E-state index is 13.7. The number of rotatable bonds is 6. The Balaban J connectivity index is 1.66. The van der Waals surface area contributed by atoms with Gasteiger partial charge in [-0.2, -0.15) is 4.31 Å². The van der Waals surface area contributed by atoms with Gasteiger partial charge < -0.3 is 9.84 Å².